The fourth-order valence-corrected chi connectivity index (χ4v) is 5.72. The number of hydrogen-bond acceptors (Lipinski definition) is 5. The van der Waals surface area contributed by atoms with Gasteiger partial charge in [0.05, 0.1) is 12.6 Å². The van der Waals surface area contributed by atoms with Crippen LogP contribution in [0.1, 0.15) is 43.2 Å². The lowest BCUT2D eigenvalue weighted by molar-refractivity contribution is -0.133. The Hall–Kier alpha value is -1.96. The summed E-state index contributed by atoms with van der Waals surface area (Å²) in [4.78, 5) is 32.6. The minimum atomic E-state index is -0.133. The molecule has 176 valence electrons. The lowest BCUT2D eigenvalue weighted by atomic mass is 10.0. The van der Waals surface area contributed by atoms with Crippen LogP contribution in [-0.4, -0.2) is 91.1 Å². The van der Waals surface area contributed by atoms with Crippen molar-refractivity contribution in [3.05, 3.63) is 35.4 Å². The largest absolute Gasteiger partial charge is 0.383 e. The normalized spacial score (nSPS) is 29.1. The Bertz CT molecular complexity index is 799. The molecule has 4 unspecified atom stereocenters. The molecule has 3 fully saturated rings. The van der Waals surface area contributed by atoms with Gasteiger partial charge >= 0.3 is 0 Å². The van der Waals surface area contributed by atoms with Crippen molar-refractivity contribution >= 4 is 11.8 Å². The Kier molecular flexibility index (Phi) is 7.48. The van der Waals surface area contributed by atoms with Gasteiger partial charge in [-0.2, -0.15) is 0 Å². The first-order valence-corrected chi connectivity index (χ1v) is 12.1. The molecule has 4 atom stereocenters. The number of nitrogens with zero attached hydrogens (tertiary/aromatic N) is 3. The Morgan fingerprint density at radius 2 is 1.94 bits per heavy atom. The van der Waals surface area contributed by atoms with Gasteiger partial charge < -0.3 is 15.0 Å². The number of nitrogens with one attached hydrogen (secondary N) is 1. The van der Waals surface area contributed by atoms with E-state index in [2.05, 4.69) is 53.4 Å². The number of likely N-dealkylation sites (tertiary alicyclic amines) is 2. The maximum atomic E-state index is 13.0. The minimum Gasteiger partial charge on any atom is -0.383 e. The fraction of sp³-hybridized carbons (Fsp3) is 0.680. The van der Waals surface area contributed by atoms with Gasteiger partial charge in [0.2, 0.25) is 11.8 Å². The highest BCUT2D eigenvalue weighted by Crippen LogP contribution is 2.29. The molecule has 1 N–H and O–H groups in total. The fourth-order valence-electron chi connectivity index (χ4n) is 5.72. The van der Waals surface area contributed by atoms with Crippen LogP contribution in [0.25, 0.3) is 0 Å². The third kappa shape index (κ3) is 5.00. The number of likely N-dealkylation sites (N-methyl/N-ethyl adjacent to an activating group) is 1. The van der Waals surface area contributed by atoms with Gasteiger partial charge in [-0.15, -0.1) is 0 Å². The molecule has 0 radical (unpaired) electrons. The van der Waals surface area contributed by atoms with Crippen LogP contribution >= 0.6 is 0 Å². The summed E-state index contributed by atoms with van der Waals surface area (Å²) < 4.78 is 5.30. The van der Waals surface area contributed by atoms with Crippen LogP contribution in [0.4, 0.5) is 0 Å². The van der Waals surface area contributed by atoms with E-state index in [-0.39, 0.29) is 36.0 Å². The molecule has 7 nitrogen and oxygen atoms in total. The van der Waals surface area contributed by atoms with Crippen molar-refractivity contribution in [1.82, 2.24) is 20.0 Å². The summed E-state index contributed by atoms with van der Waals surface area (Å²) in [5.41, 5.74) is 2.49. The Labute approximate surface area is 192 Å². The maximum absolute atomic E-state index is 13.0. The summed E-state index contributed by atoms with van der Waals surface area (Å²) in [6.45, 7) is 5.86. The van der Waals surface area contributed by atoms with Gasteiger partial charge in [-0.1, -0.05) is 29.8 Å². The first-order valence-electron chi connectivity index (χ1n) is 12.1. The Morgan fingerprint density at radius 3 is 2.69 bits per heavy atom. The zero-order valence-electron chi connectivity index (χ0n) is 19.8. The van der Waals surface area contributed by atoms with Crippen molar-refractivity contribution in [2.45, 2.75) is 69.7 Å². The zero-order valence-corrected chi connectivity index (χ0v) is 19.8. The van der Waals surface area contributed by atoms with Gasteiger partial charge in [0.1, 0.15) is 6.04 Å². The summed E-state index contributed by atoms with van der Waals surface area (Å²) >= 11 is 0. The van der Waals surface area contributed by atoms with E-state index >= 15 is 0 Å². The van der Waals surface area contributed by atoms with Crippen LogP contribution in [0.15, 0.2) is 24.3 Å². The third-order valence-corrected chi connectivity index (χ3v) is 7.60. The van der Waals surface area contributed by atoms with Crippen molar-refractivity contribution in [3.63, 3.8) is 0 Å². The van der Waals surface area contributed by atoms with Crippen LogP contribution in [0.2, 0.25) is 0 Å². The number of amides is 2. The van der Waals surface area contributed by atoms with Gasteiger partial charge in [-0.25, -0.2) is 0 Å². The maximum Gasteiger partial charge on any atom is 0.239 e. The number of ether oxygens (including phenoxy) is 1. The lowest BCUT2D eigenvalue weighted by Crippen LogP contribution is -2.49. The standard InChI is InChI=1S/C25H38N4O3/c1-18-6-8-19(9-7-18)16-28-14-12-22-24(28)25(31)26-15-20(27(22)2)10-11-23(30)29-13-4-5-21(29)17-32-3/h6-9,20-22,24H,4-5,10-17H2,1-3H3,(H,26,31). The second kappa shape index (κ2) is 10.3. The average molecular weight is 443 g/mol. The van der Waals surface area contributed by atoms with Crippen molar-refractivity contribution < 1.29 is 14.3 Å². The molecule has 0 spiro atoms. The molecule has 0 saturated carbocycles. The van der Waals surface area contributed by atoms with E-state index < -0.39 is 0 Å². The van der Waals surface area contributed by atoms with E-state index in [9.17, 15) is 9.59 Å². The first-order chi connectivity index (χ1) is 15.5. The number of hydrogen-bond donors (Lipinski definition) is 1. The van der Waals surface area contributed by atoms with E-state index in [1.165, 1.54) is 11.1 Å². The number of methoxy groups -OCH3 is 1. The molecule has 0 aliphatic carbocycles. The average Bonchev–Trinajstić information content (AvgIpc) is 3.39. The van der Waals surface area contributed by atoms with Crippen molar-refractivity contribution in [3.8, 4) is 0 Å². The smallest absolute Gasteiger partial charge is 0.239 e. The number of aryl methyl sites for hydroxylation is 1. The SMILES string of the molecule is COCC1CCCN1C(=O)CCC1CNC(=O)C2C(CCN2Cc2ccc(C)cc2)N1C. The van der Waals surface area contributed by atoms with Crippen molar-refractivity contribution in [1.29, 1.82) is 0 Å². The predicted octanol–water partition coefficient (Wildman–Crippen LogP) is 1.79. The van der Waals surface area contributed by atoms with Gasteiger partial charge in [0, 0.05) is 51.8 Å². The minimum absolute atomic E-state index is 0.125. The number of carbonyl (C=O) groups excluding carboxylic acids is 2. The van der Waals surface area contributed by atoms with Crippen molar-refractivity contribution in [2.75, 3.05) is 40.4 Å². The molecule has 32 heavy (non-hydrogen) atoms. The molecule has 1 aromatic rings. The second-order valence-corrected chi connectivity index (χ2v) is 9.70. The van der Waals surface area contributed by atoms with Crippen LogP contribution in [0.5, 0.6) is 0 Å². The van der Waals surface area contributed by atoms with Gasteiger partial charge in [-0.3, -0.25) is 19.4 Å². The quantitative estimate of drug-likeness (QED) is 0.698. The Balaban J connectivity index is 1.36. The van der Waals surface area contributed by atoms with Crippen LogP contribution in [-0.2, 0) is 20.9 Å². The van der Waals surface area contributed by atoms with Gasteiger partial charge in [-0.05, 0) is 45.2 Å². The van der Waals surface area contributed by atoms with E-state index in [4.69, 9.17) is 4.74 Å². The summed E-state index contributed by atoms with van der Waals surface area (Å²) in [6, 6.07) is 9.03. The molecule has 0 aromatic heterocycles. The topological polar surface area (TPSA) is 65.1 Å². The number of fused-ring (bicyclic) bond motifs is 1. The first kappa shape index (κ1) is 23.2. The predicted molar refractivity (Wildman–Crippen MR) is 124 cm³/mol. The molecule has 7 heteroatoms. The molecule has 4 rings (SSSR count). The van der Waals surface area contributed by atoms with Crippen LogP contribution in [0, 0.1) is 6.92 Å². The number of benzene rings is 1. The summed E-state index contributed by atoms with van der Waals surface area (Å²) in [5, 5.41) is 3.18. The second-order valence-electron chi connectivity index (χ2n) is 9.70. The molecule has 3 saturated heterocycles. The highest BCUT2D eigenvalue weighted by Gasteiger charge is 2.45. The molecular weight excluding hydrogens is 404 g/mol. The van der Waals surface area contributed by atoms with Crippen molar-refractivity contribution in [2.24, 2.45) is 0 Å². The highest BCUT2D eigenvalue weighted by molar-refractivity contribution is 5.83. The van der Waals surface area contributed by atoms with Crippen LogP contribution in [0.3, 0.4) is 0 Å². The lowest BCUT2D eigenvalue weighted by Gasteiger charge is -2.33. The van der Waals surface area contributed by atoms with E-state index in [0.717, 1.165) is 45.3 Å². The number of carbonyl (C=O) groups is 2. The molecule has 3 aliphatic heterocycles. The number of rotatable bonds is 7. The molecule has 1 aromatic carbocycles. The third-order valence-electron chi connectivity index (χ3n) is 7.60. The Morgan fingerprint density at radius 1 is 1.16 bits per heavy atom. The molecular formula is C25H38N4O3. The summed E-state index contributed by atoms with van der Waals surface area (Å²) in [6.07, 6.45) is 4.36. The van der Waals surface area contributed by atoms with Gasteiger partial charge in [0.25, 0.3) is 0 Å². The highest BCUT2D eigenvalue weighted by atomic mass is 16.5. The molecule has 3 heterocycles. The van der Waals surface area contributed by atoms with E-state index in [1.807, 2.05) is 4.90 Å². The summed E-state index contributed by atoms with van der Waals surface area (Å²) in [7, 11) is 3.83. The molecule has 0 bridgehead atoms. The monoisotopic (exact) mass is 442 g/mol. The molecule has 2 amide bonds. The van der Waals surface area contributed by atoms with Crippen LogP contribution < -0.4 is 5.32 Å². The zero-order chi connectivity index (χ0) is 22.7. The summed E-state index contributed by atoms with van der Waals surface area (Å²) in [5.74, 6) is 0.345. The van der Waals surface area contributed by atoms with Gasteiger partial charge in [0.15, 0.2) is 0 Å². The van der Waals surface area contributed by atoms with E-state index in [1.54, 1.807) is 7.11 Å². The molecule has 3 aliphatic rings. The van der Waals surface area contributed by atoms with E-state index in [0.29, 0.717) is 19.6 Å².